The number of ketones is 2. The zero-order valence-corrected chi connectivity index (χ0v) is 77.6. The zero-order valence-electron chi connectivity index (χ0n) is 74.3. The molecule has 0 atom stereocenters. The van der Waals surface area contributed by atoms with Crippen LogP contribution in [0.3, 0.4) is 0 Å². The first-order valence-corrected chi connectivity index (χ1v) is 47.2. The molecule has 0 unspecified atom stereocenters. The molecule has 37 heteroatoms. The highest BCUT2D eigenvalue weighted by molar-refractivity contribution is 7.18. The molecular formula is C100H81N31O2S4. The molecule has 1 fully saturated rings. The number of nitrogens with one attached hydrogen (secondary N) is 9. The number of hydrogen-bond acceptors (Lipinski definition) is 29. The monoisotopic (exact) mass is 1880 g/mol. The fraction of sp³-hybridized carbons (Fsp3) is 0.140. The lowest BCUT2D eigenvalue weighted by Gasteiger charge is -2.11. The Hall–Kier alpha value is -16.6. The summed E-state index contributed by atoms with van der Waals surface area (Å²) < 4.78 is 0. The van der Waals surface area contributed by atoms with Gasteiger partial charge in [-0.3, -0.25) is 69.9 Å². The maximum atomic E-state index is 11.7. The lowest BCUT2D eigenvalue weighted by molar-refractivity contribution is 0.101. The Kier molecular flexibility index (Phi) is 23.0. The van der Waals surface area contributed by atoms with Crippen molar-refractivity contribution in [2.24, 2.45) is 5.92 Å². The van der Waals surface area contributed by atoms with Gasteiger partial charge < -0.3 is 35.9 Å². The van der Waals surface area contributed by atoms with E-state index in [1.807, 2.05) is 124 Å². The van der Waals surface area contributed by atoms with E-state index in [0.29, 0.717) is 67.0 Å². The van der Waals surface area contributed by atoms with E-state index in [1.165, 1.54) is 63.7 Å². The Labute approximate surface area is 794 Å². The minimum Gasteiger partial charge on any atom is -0.397 e. The molecule has 0 aliphatic heterocycles. The maximum absolute atomic E-state index is 11.7. The third kappa shape index (κ3) is 17.5. The SMILES string of the molecule is CC(=O)c1ccc(-c2cncc3[nH]c(-c4[nH]nc5ncc(-c6cccnc6)cc45)nc23)s1.CC(=O)c1ccc(-c2cncc3[nH]c(-c4[nH]nc5ncc(-c6cncc(N)c6)cc45)nc23)s1.Cc1ccc(-c2cncc3[nH]c(-c4[nH]nc5ncc(-c6cncc(CN(C)C)c6)cc45)nc23)s1.Cc1ccc(-c2cncc3[nH]c(-c4[nH]nc5ncc(-c6cncc(CNCC7CCCC7)c6)cc45)nc23)s1. The third-order valence-corrected chi connectivity index (χ3v) is 28.2. The van der Waals surface area contributed by atoms with Crippen molar-refractivity contribution in [3.63, 3.8) is 0 Å². The van der Waals surface area contributed by atoms with E-state index in [9.17, 15) is 9.59 Å². The number of nitrogens with zero attached hydrogens (tertiary/aromatic N) is 21. The van der Waals surface area contributed by atoms with Gasteiger partial charge >= 0.3 is 0 Å². The molecule has 1 aliphatic rings. The Morgan fingerprint density at radius 1 is 0.387 bits per heavy atom. The van der Waals surface area contributed by atoms with Crippen molar-refractivity contribution >= 4 is 151 Å². The van der Waals surface area contributed by atoms with Gasteiger partial charge in [0.05, 0.1) is 83.8 Å². The Balaban J connectivity index is 0.000000106. The van der Waals surface area contributed by atoms with E-state index in [4.69, 9.17) is 25.7 Å². The van der Waals surface area contributed by atoms with E-state index in [1.54, 1.807) is 105 Å². The number of carbonyl (C=O) groups is 2. The average molecular weight is 1880 g/mol. The summed E-state index contributed by atoms with van der Waals surface area (Å²) in [6.07, 6.45) is 41.5. The number of hydrogen-bond donors (Lipinski definition) is 10. The van der Waals surface area contributed by atoms with E-state index in [-0.39, 0.29) is 11.6 Å². The molecule has 0 aromatic carbocycles. The van der Waals surface area contributed by atoms with Gasteiger partial charge in [0.1, 0.15) is 44.8 Å². The predicted octanol–water partition coefficient (Wildman–Crippen LogP) is 20.7. The largest absolute Gasteiger partial charge is 0.397 e. The first-order valence-electron chi connectivity index (χ1n) is 43.9. The highest BCUT2D eigenvalue weighted by Gasteiger charge is 2.25. The van der Waals surface area contributed by atoms with E-state index in [2.05, 4.69) is 193 Å². The predicted molar refractivity (Wildman–Crippen MR) is 538 cm³/mol. The van der Waals surface area contributed by atoms with Crippen LogP contribution in [0.2, 0.25) is 0 Å². The smallest absolute Gasteiger partial charge is 0.181 e. The molecule has 25 rings (SSSR count). The summed E-state index contributed by atoms with van der Waals surface area (Å²) in [4.78, 5) is 120. The summed E-state index contributed by atoms with van der Waals surface area (Å²) in [5.41, 5.74) is 32.5. The van der Waals surface area contributed by atoms with Gasteiger partial charge in [-0.2, -0.15) is 20.4 Å². The summed E-state index contributed by atoms with van der Waals surface area (Å²) in [6.45, 7) is 10.1. The van der Waals surface area contributed by atoms with Crippen LogP contribution in [0.4, 0.5) is 5.69 Å². The molecular weight excluding hydrogens is 1800 g/mol. The summed E-state index contributed by atoms with van der Waals surface area (Å²) >= 11 is 6.35. The first kappa shape index (κ1) is 85.9. The molecule has 0 bridgehead atoms. The number of H-pyrrole nitrogens is 8. The van der Waals surface area contributed by atoms with Crippen molar-refractivity contribution in [3.05, 3.63) is 258 Å². The fourth-order valence-corrected chi connectivity index (χ4v) is 20.6. The highest BCUT2D eigenvalue weighted by atomic mass is 32.1. The molecule has 0 amide bonds. The van der Waals surface area contributed by atoms with Crippen LogP contribution < -0.4 is 11.1 Å². The van der Waals surface area contributed by atoms with Crippen LogP contribution >= 0.6 is 45.3 Å². The standard InChI is InChI=1S/C29H28N8S.C25H22N8S.C23H16N8OS.C23H15N7OS/c1-17-6-7-25(38-17)23-15-32-16-24-26(23)35-29(34-24)27-22-9-21(14-33-28(22)37-36-27)20-8-19(12-31-13-20)11-30-10-18-4-2-3-5-18;1-14-4-5-21(34-14)19-11-27-12-20-22(19)30-25(29-20)23-18-7-17(10-28-24(18)32-31-23)16-6-15(8-26-9-16)13-33(2)3;1-11(32)18-2-3-19(33-18)16-9-26-10-17-20(16)29-23(28-17)21-15-5-13(7-27-22(15)31-30-21)12-4-14(24)8-25-6-12;1-12(31)18-4-5-19(32-18)16-10-25-11-17-20(16)28-23(27-17)21-15-7-14(9-26-22(15)30-29-21)13-3-2-6-24-8-13/h6-9,12-16,18,30H,2-5,10-11H2,1H3,(H,34,35)(H,33,36,37);4-12H,13H2,1-3H3,(H,29,30)(H,28,31,32);2-10H,24H2,1H3,(H,28,29)(H,27,30,31);2-11H,1H3,(H,27,28)(H,26,29,30). The number of carbonyl (C=O) groups excluding carboxylic acids is 2. The second-order valence-corrected chi connectivity index (χ2v) is 38.4. The number of fused-ring (bicyclic) bond motifs is 8. The minimum atomic E-state index is 0.0386. The van der Waals surface area contributed by atoms with Crippen LogP contribution in [0.1, 0.15) is 79.8 Å². The van der Waals surface area contributed by atoms with Crippen molar-refractivity contribution in [1.29, 1.82) is 0 Å². The molecule has 11 N–H and O–H groups in total. The summed E-state index contributed by atoms with van der Waals surface area (Å²) in [5.74, 6) is 3.59. The zero-order chi connectivity index (χ0) is 92.9. The number of aryl methyl sites for hydroxylation is 2. The first-order chi connectivity index (χ1) is 67.0. The fourth-order valence-electron chi connectivity index (χ4n) is 17.0. The van der Waals surface area contributed by atoms with Crippen LogP contribution in [0.25, 0.3) is 221 Å². The molecule has 24 aromatic rings. The minimum absolute atomic E-state index is 0.0386. The molecule has 1 aliphatic carbocycles. The number of Topliss-reactive ketones (excluding diaryl/α,β-unsaturated/α-hetero) is 2. The van der Waals surface area contributed by atoms with Crippen LogP contribution in [0, 0.1) is 19.8 Å². The molecule has 0 radical (unpaired) electrons. The van der Waals surface area contributed by atoms with Crippen LogP contribution in [0.15, 0.2) is 227 Å². The Morgan fingerprint density at radius 2 is 0.737 bits per heavy atom. The quantitative estimate of drug-likeness (QED) is 0.0317. The van der Waals surface area contributed by atoms with Crippen molar-refractivity contribution in [2.75, 3.05) is 26.4 Å². The Morgan fingerprint density at radius 3 is 1.10 bits per heavy atom. The van der Waals surface area contributed by atoms with E-state index >= 15 is 0 Å². The number of nitrogens with two attached hydrogens (primary N) is 1. The number of thiophene rings is 4. The maximum Gasteiger partial charge on any atom is 0.181 e. The number of anilines is 1. The molecule has 24 heterocycles. The van der Waals surface area contributed by atoms with Gasteiger partial charge in [-0.25, -0.2) is 39.9 Å². The number of aromatic amines is 8. The molecule has 672 valence electrons. The topological polar surface area (TPSA) is 460 Å². The summed E-state index contributed by atoms with van der Waals surface area (Å²) in [5, 5.41) is 37.0. The van der Waals surface area contributed by atoms with Crippen molar-refractivity contribution in [3.8, 4) is 132 Å². The summed E-state index contributed by atoms with van der Waals surface area (Å²) in [6, 6.07) is 34.3. The summed E-state index contributed by atoms with van der Waals surface area (Å²) in [7, 11) is 4.10. The lowest BCUT2D eigenvalue weighted by Crippen LogP contribution is -2.20. The van der Waals surface area contributed by atoms with Gasteiger partial charge in [0, 0.05) is 208 Å². The van der Waals surface area contributed by atoms with Gasteiger partial charge in [-0.15, -0.1) is 45.3 Å². The van der Waals surface area contributed by atoms with Crippen molar-refractivity contribution in [1.82, 2.24) is 151 Å². The van der Waals surface area contributed by atoms with E-state index in [0.717, 1.165) is 200 Å². The van der Waals surface area contributed by atoms with E-state index < -0.39 is 0 Å². The molecule has 24 aromatic heterocycles. The van der Waals surface area contributed by atoms with Gasteiger partial charge in [-0.05, 0) is 175 Å². The Bertz CT molecular complexity index is 8670. The van der Waals surface area contributed by atoms with Gasteiger partial charge in [-0.1, -0.05) is 18.9 Å². The average Bonchev–Trinajstić information content (AvgIpc) is 1.63. The van der Waals surface area contributed by atoms with Crippen LogP contribution in [0.5, 0.6) is 0 Å². The number of nitrogen functional groups attached to an aromatic ring is 1. The number of rotatable bonds is 20. The van der Waals surface area contributed by atoms with Gasteiger partial charge in [0.2, 0.25) is 0 Å². The molecule has 33 nitrogen and oxygen atoms in total. The van der Waals surface area contributed by atoms with Crippen LogP contribution in [-0.4, -0.2) is 178 Å². The second kappa shape index (κ2) is 36.8. The normalized spacial score (nSPS) is 12.3. The molecule has 0 saturated heterocycles. The lowest BCUT2D eigenvalue weighted by atomic mass is 10.1. The van der Waals surface area contributed by atoms with Crippen molar-refractivity contribution < 1.29 is 9.59 Å². The molecule has 1 saturated carbocycles. The second-order valence-electron chi connectivity index (χ2n) is 33.6. The molecule has 137 heavy (non-hydrogen) atoms. The third-order valence-electron chi connectivity index (χ3n) is 23.7. The number of imidazole rings is 4. The highest BCUT2D eigenvalue weighted by Crippen LogP contribution is 2.42. The van der Waals surface area contributed by atoms with Gasteiger partial charge in [0.25, 0.3) is 0 Å². The van der Waals surface area contributed by atoms with Crippen LogP contribution in [-0.2, 0) is 13.1 Å². The molecule has 0 spiro atoms. The number of aromatic nitrogens is 28. The van der Waals surface area contributed by atoms with Gasteiger partial charge in [0.15, 0.2) is 57.5 Å². The van der Waals surface area contributed by atoms with Crippen molar-refractivity contribution in [2.45, 2.75) is 66.5 Å². The number of pyridine rings is 12.